The lowest BCUT2D eigenvalue weighted by Gasteiger charge is -2.19. The van der Waals surface area contributed by atoms with Crippen LogP contribution in [0.5, 0.6) is 5.75 Å². The molecule has 0 aliphatic heterocycles. The predicted octanol–water partition coefficient (Wildman–Crippen LogP) is 3.76. The minimum atomic E-state index is -0.580. The molecule has 0 bridgehead atoms. The maximum atomic E-state index is 10.4. The van der Waals surface area contributed by atoms with Gasteiger partial charge in [0.1, 0.15) is 5.75 Å². The summed E-state index contributed by atoms with van der Waals surface area (Å²) in [5, 5.41) is 13.8. The summed E-state index contributed by atoms with van der Waals surface area (Å²) in [6.07, 6.45) is -0.580. The van der Waals surface area contributed by atoms with Crippen molar-refractivity contribution in [3.63, 3.8) is 0 Å². The second kappa shape index (κ2) is 7.07. The van der Waals surface area contributed by atoms with Crippen molar-refractivity contribution in [2.24, 2.45) is 0 Å². The van der Waals surface area contributed by atoms with E-state index in [0.29, 0.717) is 6.54 Å². The van der Waals surface area contributed by atoms with Crippen LogP contribution >= 0.6 is 11.3 Å². The fourth-order valence-electron chi connectivity index (χ4n) is 2.30. The maximum Gasteiger partial charge on any atom is 0.124 e. The van der Waals surface area contributed by atoms with Crippen LogP contribution in [0, 0.1) is 13.8 Å². The number of hydrogen-bond donors (Lipinski definition) is 2. The van der Waals surface area contributed by atoms with Crippen molar-refractivity contribution in [3.8, 4) is 5.75 Å². The Morgan fingerprint density at radius 2 is 2.00 bits per heavy atom. The minimum absolute atomic E-state index is 0.231. The average molecular weight is 305 g/mol. The fourth-order valence-corrected chi connectivity index (χ4v) is 3.20. The van der Waals surface area contributed by atoms with Crippen LogP contribution in [0.25, 0.3) is 0 Å². The molecular formula is C17H23NO2S. The Morgan fingerprint density at radius 3 is 2.62 bits per heavy atom. The summed E-state index contributed by atoms with van der Waals surface area (Å²) in [5.41, 5.74) is 1.95. The molecule has 0 aliphatic carbocycles. The van der Waals surface area contributed by atoms with E-state index in [2.05, 4.69) is 31.3 Å². The number of benzene rings is 1. The zero-order chi connectivity index (χ0) is 15.4. The van der Waals surface area contributed by atoms with Crippen LogP contribution in [-0.4, -0.2) is 18.8 Å². The number of hydrogen-bond acceptors (Lipinski definition) is 4. The van der Waals surface area contributed by atoms with Crippen LogP contribution in [0.3, 0.4) is 0 Å². The van der Waals surface area contributed by atoms with Gasteiger partial charge in [0.15, 0.2) is 0 Å². The Hall–Kier alpha value is -1.36. The summed E-state index contributed by atoms with van der Waals surface area (Å²) in [6, 6.07) is 10.4. The molecule has 2 unspecified atom stereocenters. The van der Waals surface area contributed by atoms with Crippen molar-refractivity contribution >= 4 is 11.3 Å². The van der Waals surface area contributed by atoms with Crippen molar-refractivity contribution < 1.29 is 9.84 Å². The Morgan fingerprint density at radius 1 is 1.24 bits per heavy atom. The lowest BCUT2D eigenvalue weighted by atomic mass is 10.0. The number of ether oxygens (including phenoxy) is 1. The monoisotopic (exact) mass is 305 g/mol. The Kier molecular flexibility index (Phi) is 5.39. The zero-order valence-electron chi connectivity index (χ0n) is 13.0. The van der Waals surface area contributed by atoms with Gasteiger partial charge in [-0.1, -0.05) is 11.6 Å². The first kappa shape index (κ1) is 16.0. The molecule has 0 spiro atoms. The highest BCUT2D eigenvalue weighted by Gasteiger charge is 2.15. The molecule has 0 amide bonds. The Balaban J connectivity index is 2.01. The third-order valence-electron chi connectivity index (χ3n) is 3.55. The van der Waals surface area contributed by atoms with Gasteiger partial charge in [0, 0.05) is 27.9 Å². The van der Waals surface area contributed by atoms with Gasteiger partial charge in [-0.05, 0) is 45.0 Å². The van der Waals surface area contributed by atoms with E-state index < -0.39 is 6.10 Å². The number of aliphatic hydroxyl groups is 1. The molecule has 0 saturated carbocycles. The normalized spacial score (nSPS) is 14.0. The van der Waals surface area contributed by atoms with Crippen molar-refractivity contribution in [1.82, 2.24) is 5.32 Å². The van der Waals surface area contributed by atoms with Crippen molar-refractivity contribution in [1.29, 1.82) is 0 Å². The quantitative estimate of drug-likeness (QED) is 0.854. The molecule has 2 rings (SSSR count). The highest BCUT2D eigenvalue weighted by atomic mass is 32.1. The highest BCUT2D eigenvalue weighted by Crippen LogP contribution is 2.27. The Bertz CT molecular complexity index is 594. The molecule has 2 atom stereocenters. The van der Waals surface area contributed by atoms with Crippen LogP contribution < -0.4 is 10.1 Å². The first-order valence-corrected chi connectivity index (χ1v) is 7.95. The smallest absolute Gasteiger partial charge is 0.124 e. The number of aliphatic hydroxyl groups excluding tert-OH is 1. The molecule has 0 aliphatic rings. The molecule has 1 heterocycles. The third-order valence-corrected chi connectivity index (χ3v) is 4.73. The standard InChI is InChI=1S/C17H23NO2S/c1-11-5-7-16(20-4)14(9-11)15(19)10-18-13(3)17-8-6-12(2)21-17/h5-9,13,15,18-19H,10H2,1-4H3. The van der Waals surface area contributed by atoms with Gasteiger partial charge in [0.05, 0.1) is 13.2 Å². The second-order valence-corrected chi connectivity index (χ2v) is 6.66. The van der Waals surface area contributed by atoms with Gasteiger partial charge < -0.3 is 15.2 Å². The lowest BCUT2D eigenvalue weighted by molar-refractivity contribution is 0.167. The van der Waals surface area contributed by atoms with E-state index in [4.69, 9.17) is 4.74 Å². The predicted molar refractivity (Wildman–Crippen MR) is 88.2 cm³/mol. The number of rotatable bonds is 6. The van der Waals surface area contributed by atoms with Crippen molar-refractivity contribution in [2.45, 2.75) is 32.9 Å². The molecular weight excluding hydrogens is 282 g/mol. The van der Waals surface area contributed by atoms with E-state index in [1.807, 2.05) is 25.1 Å². The molecule has 1 aromatic carbocycles. The Labute approximate surface area is 130 Å². The van der Waals surface area contributed by atoms with Crippen LogP contribution in [0.2, 0.25) is 0 Å². The summed E-state index contributed by atoms with van der Waals surface area (Å²) < 4.78 is 5.33. The molecule has 0 fully saturated rings. The molecule has 2 aromatic rings. The molecule has 4 heteroatoms. The molecule has 114 valence electrons. The second-order valence-electron chi connectivity index (χ2n) is 5.34. The van der Waals surface area contributed by atoms with E-state index in [9.17, 15) is 5.11 Å². The number of methoxy groups -OCH3 is 1. The first-order chi connectivity index (χ1) is 10.0. The van der Waals surface area contributed by atoms with Crippen molar-refractivity contribution in [3.05, 3.63) is 51.2 Å². The van der Waals surface area contributed by atoms with Gasteiger partial charge in [-0.3, -0.25) is 0 Å². The van der Waals surface area contributed by atoms with Crippen LogP contribution in [-0.2, 0) is 0 Å². The van der Waals surface area contributed by atoms with E-state index in [0.717, 1.165) is 16.9 Å². The highest BCUT2D eigenvalue weighted by molar-refractivity contribution is 7.12. The van der Waals surface area contributed by atoms with Gasteiger partial charge in [-0.15, -0.1) is 11.3 Å². The van der Waals surface area contributed by atoms with E-state index in [1.165, 1.54) is 9.75 Å². The molecule has 2 N–H and O–H groups in total. The lowest BCUT2D eigenvalue weighted by Crippen LogP contribution is -2.24. The summed E-state index contributed by atoms with van der Waals surface area (Å²) in [5.74, 6) is 0.731. The summed E-state index contributed by atoms with van der Waals surface area (Å²) >= 11 is 1.78. The van der Waals surface area contributed by atoms with Gasteiger partial charge in [0.2, 0.25) is 0 Å². The molecule has 21 heavy (non-hydrogen) atoms. The van der Waals surface area contributed by atoms with E-state index >= 15 is 0 Å². The van der Waals surface area contributed by atoms with Gasteiger partial charge >= 0.3 is 0 Å². The largest absolute Gasteiger partial charge is 0.496 e. The van der Waals surface area contributed by atoms with Crippen LogP contribution in [0.1, 0.15) is 40.0 Å². The SMILES string of the molecule is COc1ccc(C)cc1C(O)CNC(C)c1ccc(C)s1. The van der Waals surface area contributed by atoms with Gasteiger partial charge in [-0.2, -0.15) is 0 Å². The zero-order valence-corrected chi connectivity index (χ0v) is 13.8. The van der Waals surface area contributed by atoms with Gasteiger partial charge in [0.25, 0.3) is 0 Å². The third kappa shape index (κ3) is 4.06. The number of aryl methyl sites for hydroxylation is 2. The van der Waals surface area contributed by atoms with Crippen molar-refractivity contribution in [2.75, 3.05) is 13.7 Å². The summed E-state index contributed by atoms with van der Waals surface area (Å²) in [4.78, 5) is 2.59. The molecule has 1 aromatic heterocycles. The van der Waals surface area contributed by atoms with Gasteiger partial charge in [-0.25, -0.2) is 0 Å². The molecule has 0 saturated heterocycles. The fraction of sp³-hybridized carbons (Fsp3) is 0.412. The maximum absolute atomic E-state index is 10.4. The van der Waals surface area contributed by atoms with E-state index in [1.54, 1.807) is 18.4 Å². The van der Waals surface area contributed by atoms with Crippen LogP contribution in [0.4, 0.5) is 0 Å². The average Bonchev–Trinajstić information content (AvgIpc) is 2.91. The first-order valence-electron chi connectivity index (χ1n) is 7.13. The summed E-state index contributed by atoms with van der Waals surface area (Å²) in [6.45, 7) is 6.73. The molecule has 3 nitrogen and oxygen atoms in total. The van der Waals surface area contributed by atoms with Crippen LogP contribution in [0.15, 0.2) is 30.3 Å². The van der Waals surface area contributed by atoms with E-state index in [-0.39, 0.29) is 6.04 Å². The minimum Gasteiger partial charge on any atom is -0.496 e. The number of nitrogens with one attached hydrogen (secondary N) is 1. The molecule has 0 radical (unpaired) electrons. The summed E-state index contributed by atoms with van der Waals surface area (Å²) in [7, 11) is 1.63. The topological polar surface area (TPSA) is 41.5 Å². The number of thiophene rings is 1.